The Kier molecular flexibility index (Phi) is 35.1. The summed E-state index contributed by atoms with van der Waals surface area (Å²) in [6.07, 6.45) is 41.4. The van der Waals surface area contributed by atoms with Gasteiger partial charge in [0.05, 0.1) is 0 Å². The van der Waals surface area contributed by atoms with Crippen LogP contribution in [0.5, 0.6) is 0 Å². The van der Waals surface area contributed by atoms with Gasteiger partial charge in [-0.1, -0.05) is 193 Å². The highest BCUT2D eigenvalue weighted by molar-refractivity contribution is 5.64. The van der Waals surface area contributed by atoms with Gasteiger partial charge in [-0.2, -0.15) is 0 Å². The molecule has 0 radical (unpaired) electrons. The summed E-state index contributed by atoms with van der Waals surface area (Å²) in [6.45, 7) is 24.5. The third kappa shape index (κ3) is 24.9. The molecule has 4 rings (SSSR count). The van der Waals surface area contributed by atoms with Gasteiger partial charge in [-0.05, 0) is 113 Å². The Bertz CT molecular complexity index is 1400. The van der Waals surface area contributed by atoms with Gasteiger partial charge in [-0.3, -0.25) is 0 Å². The number of allylic oxidation sites excluding steroid dienone is 18. The molecule has 2 aromatic rings. The van der Waals surface area contributed by atoms with Crippen molar-refractivity contribution in [2.24, 2.45) is 11.7 Å². The molecule has 0 aliphatic heterocycles. The molecule has 1 heteroatoms. The fourth-order valence-corrected chi connectivity index (χ4v) is 5.32. The molecule has 2 atom stereocenters. The summed E-state index contributed by atoms with van der Waals surface area (Å²) in [5.41, 5.74) is 12.6. The number of hydrogen-bond acceptors (Lipinski definition) is 1. The molecule has 52 heavy (non-hydrogen) atoms. The second kappa shape index (κ2) is 36.6. The molecule has 0 amide bonds. The van der Waals surface area contributed by atoms with Crippen molar-refractivity contribution in [3.05, 3.63) is 181 Å². The molecule has 0 spiro atoms. The maximum atomic E-state index is 4.50. The van der Waals surface area contributed by atoms with Gasteiger partial charge in [0.2, 0.25) is 0 Å². The Morgan fingerprint density at radius 2 is 1.48 bits per heavy atom. The fraction of sp³-hybridized carbons (Fsp3) is 0.373. The van der Waals surface area contributed by atoms with Gasteiger partial charge in [0.25, 0.3) is 0 Å². The quantitative estimate of drug-likeness (QED) is 0.219. The first-order chi connectivity index (χ1) is 25.5. The van der Waals surface area contributed by atoms with Gasteiger partial charge in [0.15, 0.2) is 0 Å². The summed E-state index contributed by atoms with van der Waals surface area (Å²) < 4.78 is 0. The number of benzene rings is 2. The van der Waals surface area contributed by atoms with Gasteiger partial charge >= 0.3 is 0 Å². The van der Waals surface area contributed by atoms with E-state index >= 15 is 0 Å². The van der Waals surface area contributed by atoms with Crippen LogP contribution < -0.4 is 5.73 Å². The van der Waals surface area contributed by atoms with Crippen molar-refractivity contribution in [2.45, 2.75) is 113 Å². The van der Waals surface area contributed by atoms with Gasteiger partial charge in [0.1, 0.15) is 0 Å². The lowest BCUT2D eigenvalue weighted by atomic mass is 9.92. The maximum Gasteiger partial charge on any atom is 0.00528 e. The summed E-state index contributed by atoms with van der Waals surface area (Å²) in [6, 6.07) is 19.5. The van der Waals surface area contributed by atoms with Crippen LogP contribution >= 0.6 is 0 Å². The van der Waals surface area contributed by atoms with Crippen LogP contribution in [0.1, 0.15) is 118 Å². The molecule has 1 nitrogen and oxygen atoms in total. The minimum atomic E-state index is 0.516. The zero-order valence-corrected chi connectivity index (χ0v) is 34.7. The summed E-state index contributed by atoms with van der Waals surface area (Å²) in [5.74, 6) is 1.23. The van der Waals surface area contributed by atoms with E-state index in [-0.39, 0.29) is 0 Å². The Balaban J connectivity index is 0. The minimum absolute atomic E-state index is 0.516. The first kappa shape index (κ1) is 49.9. The van der Waals surface area contributed by atoms with E-state index in [9.17, 15) is 0 Å². The smallest absolute Gasteiger partial charge is 0.00528 e. The topological polar surface area (TPSA) is 26.0 Å². The van der Waals surface area contributed by atoms with Crippen molar-refractivity contribution in [3.8, 4) is 11.1 Å². The molecular formula is C51H75N. The molecule has 2 aliphatic carbocycles. The summed E-state index contributed by atoms with van der Waals surface area (Å²) in [7, 11) is 1.50. The van der Waals surface area contributed by atoms with Crippen LogP contribution in [0.3, 0.4) is 0 Å². The average Bonchev–Trinajstić information content (AvgIpc) is 3.66. The van der Waals surface area contributed by atoms with E-state index in [2.05, 4.69) is 173 Å². The van der Waals surface area contributed by atoms with E-state index in [0.29, 0.717) is 5.92 Å². The second-order valence-electron chi connectivity index (χ2n) is 12.1. The molecule has 2 unspecified atom stereocenters. The van der Waals surface area contributed by atoms with E-state index in [4.69, 9.17) is 0 Å². The predicted molar refractivity (Wildman–Crippen MR) is 241 cm³/mol. The zero-order valence-electron chi connectivity index (χ0n) is 34.7. The third-order valence-electron chi connectivity index (χ3n) is 7.99. The highest BCUT2D eigenvalue weighted by Crippen LogP contribution is 2.28. The van der Waals surface area contributed by atoms with Crippen molar-refractivity contribution >= 4 is 0 Å². The largest absolute Gasteiger partial charge is 0.333 e. The molecule has 2 aromatic carbocycles. The first-order valence-electron chi connectivity index (χ1n) is 19.7. The Morgan fingerprint density at radius 3 is 2.13 bits per heavy atom. The Labute approximate surface area is 322 Å². The van der Waals surface area contributed by atoms with Gasteiger partial charge in [-0.25, -0.2) is 0 Å². The number of hydrogen-bond donors (Lipinski definition) is 1. The molecule has 0 saturated carbocycles. The average molecular weight is 702 g/mol. The summed E-state index contributed by atoms with van der Waals surface area (Å²) in [5, 5.41) is 0. The molecule has 2 N–H and O–H groups in total. The Hall–Kier alpha value is -4.20. The van der Waals surface area contributed by atoms with Crippen molar-refractivity contribution in [1.29, 1.82) is 0 Å². The SMILES string of the molecule is C1=CCC(c2cccc(-c3ccccc3)c2)C=CC1.C=C(CCC(C)C/C(C)=C\C/C=C\C)C1=CC=CCC=C1.C=CC/C=C\C.CC.CC.CN. The highest BCUT2D eigenvalue weighted by Gasteiger charge is 2.09. The van der Waals surface area contributed by atoms with Crippen LogP contribution in [0.4, 0.5) is 0 Å². The van der Waals surface area contributed by atoms with Crippen LogP contribution in [-0.4, -0.2) is 7.05 Å². The van der Waals surface area contributed by atoms with E-state index in [0.717, 1.165) is 44.4 Å². The third-order valence-corrected chi connectivity index (χ3v) is 7.99. The van der Waals surface area contributed by atoms with Crippen molar-refractivity contribution in [1.82, 2.24) is 0 Å². The molecule has 0 saturated heterocycles. The zero-order chi connectivity index (χ0) is 39.2. The molecule has 0 fully saturated rings. The van der Waals surface area contributed by atoms with Crippen LogP contribution in [0.15, 0.2) is 176 Å². The van der Waals surface area contributed by atoms with Crippen molar-refractivity contribution in [3.63, 3.8) is 0 Å². The summed E-state index contributed by atoms with van der Waals surface area (Å²) >= 11 is 0. The summed E-state index contributed by atoms with van der Waals surface area (Å²) in [4.78, 5) is 0. The van der Waals surface area contributed by atoms with Crippen LogP contribution in [0.25, 0.3) is 11.1 Å². The molecule has 2 aliphatic rings. The van der Waals surface area contributed by atoms with Crippen LogP contribution in [0, 0.1) is 5.92 Å². The predicted octanol–water partition coefficient (Wildman–Crippen LogP) is 15.8. The second-order valence-corrected chi connectivity index (χ2v) is 12.1. The van der Waals surface area contributed by atoms with E-state index < -0.39 is 0 Å². The van der Waals surface area contributed by atoms with Gasteiger partial charge in [0, 0.05) is 5.92 Å². The lowest BCUT2D eigenvalue weighted by Crippen LogP contribution is -1.97. The normalized spacial score (nSPS) is 14.9. The maximum absolute atomic E-state index is 4.50. The molecule has 0 heterocycles. The number of rotatable bonds is 12. The molecule has 284 valence electrons. The number of nitrogens with two attached hydrogens (primary N) is 1. The van der Waals surface area contributed by atoms with Crippen LogP contribution in [-0.2, 0) is 0 Å². The lowest BCUT2D eigenvalue weighted by molar-refractivity contribution is 0.528. The molecule has 0 aromatic heterocycles. The van der Waals surface area contributed by atoms with Crippen molar-refractivity contribution in [2.75, 3.05) is 7.05 Å². The van der Waals surface area contributed by atoms with E-state index in [1.807, 2.05) is 46.8 Å². The minimum Gasteiger partial charge on any atom is -0.333 e. The lowest BCUT2D eigenvalue weighted by Gasteiger charge is -2.13. The van der Waals surface area contributed by atoms with Gasteiger partial charge < -0.3 is 5.73 Å². The monoisotopic (exact) mass is 702 g/mol. The van der Waals surface area contributed by atoms with Crippen molar-refractivity contribution < 1.29 is 0 Å². The van der Waals surface area contributed by atoms with E-state index in [1.54, 1.807) is 0 Å². The van der Waals surface area contributed by atoms with Crippen LogP contribution in [0.2, 0.25) is 0 Å². The standard InChI is InChI=1S/C21H30.C19H18.C6H10.2C2H6.CH5N/c1-5-6-9-12-18(2)17-19(3)15-16-20(4)21-13-10-7-8-11-14-21;1-2-5-10-16(9-4-1)18-13-8-14-19(15-18)17-11-6-3-7-12-17;1-3-5-6-4-2;3*1-2/h5-7,10-14,19H,4,8-9,15-17H2,1-3H3;1,3-8,10-16H,2,9H2;3-4,6H,1,5H2,2H3;2*1-2H3;2H2,1H3/b6-5-,18-12-;;6-4-;;;. The first-order valence-corrected chi connectivity index (χ1v) is 19.7. The Morgan fingerprint density at radius 1 is 0.827 bits per heavy atom. The fourth-order valence-electron chi connectivity index (χ4n) is 5.32. The molecule has 0 bridgehead atoms. The highest BCUT2D eigenvalue weighted by atomic mass is 14.4. The molecular weight excluding hydrogens is 627 g/mol. The van der Waals surface area contributed by atoms with E-state index in [1.165, 1.54) is 53.3 Å². The van der Waals surface area contributed by atoms with Gasteiger partial charge in [-0.15, -0.1) is 6.58 Å².